The van der Waals surface area contributed by atoms with Gasteiger partial charge in [-0.25, -0.2) is 0 Å². The molecule has 5 heteroatoms. The van der Waals surface area contributed by atoms with E-state index < -0.39 is 11.4 Å². The van der Waals surface area contributed by atoms with E-state index in [1.807, 2.05) is 6.08 Å². The van der Waals surface area contributed by atoms with Crippen molar-refractivity contribution < 1.29 is 19.7 Å². The average molecular weight is 508 g/mol. The maximum atomic E-state index is 12.3. The summed E-state index contributed by atoms with van der Waals surface area (Å²) in [6.07, 6.45) is 10.6. The molecule has 0 amide bonds. The van der Waals surface area contributed by atoms with E-state index in [1.54, 1.807) is 0 Å². The molecule has 202 valence electrons. The van der Waals surface area contributed by atoms with Crippen molar-refractivity contribution in [1.82, 2.24) is 0 Å². The molecule has 3 saturated carbocycles. The normalized spacial score (nSPS) is 40.5. The van der Waals surface area contributed by atoms with Gasteiger partial charge in [-0.05, 0) is 72.5 Å². The van der Waals surface area contributed by atoms with Crippen LogP contribution < -0.4 is 5.73 Å². The third-order valence-corrected chi connectivity index (χ3v) is 10.6. The Kier molecular flexibility index (Phi) is 6.28. The Morgan fingerprint density at radius 1 is 1.03 bits per heavy atom. The third-order valence-electron chi connectivity index (χ3n) is 10.6. The molecule has 0 radical (unpaired) electrons. The molecule has 1 aromatic rings. The van der Waals surface area contributed by atoms with Crippen molar-refractivity contribution in [2.75, 3.05) is 19.8 Å². The highest BCUT2D eigenvalue weighted by Gasteiger charge is 2.60. The molecule has 1 aromatic carbocycles. The number of nitrogens with two attached hydrogens (primary N) is 1. The molecule has 6 rings (SSSR count). The first kappa shape index (κ1) is 25.8. The highest BCUT2D eigenvalue weighted by atomic mass is 16.7. The van der Waals surface area contributed by atoms with E-state index in [4.69, 9.17) is 15.2 Å². The lowest BCUT2D eigenvalue weighted by molar-refractivity contribution is -0.322. The van der Waals surface area contributed by atoms with Crippen LogP contribution in [0.15, 0.2) is 41.5 Å². The van der Waals surface area contributed by atoms with Gasteiger partial charge in [-0.3, -0.25) is 0 Å². The molecule has 1 aliphatic heterocycles. The quantitative estimate of drug-likeness (QED) is 0.483. The molecule has 0 bridgehead atoms. The molecular formula is C32H45NO4. The van der Waals surface area contributed by atoms with Gasteiger partial charge in [0, 0.05) is 30.7 Å². The van der Waals surface area contributed by atoms with Crippen LogP contribution in [0.2, 0.25) is 0 Å². The fraction of sp³-hybridized carbons (Fsp3) is 0.688. The van der Waals surface area contributed by atoms with Crippen LogP contribution in [0.25, 0.3) is 6.08 Å². The van der Waals surface area contributed by atoms with Crippen LogP contribution in [0, 0.1) is 22.7 Å². The highest BCUT2D eigenvalue weighted by Crippen LogP contribution is 2.65. The monoisotopic (exact) mass is 507 g/mol. The number of fused-ring (bicyclic) bond motifs is 4. The molecule has 5 aliphatic rings. The fourth-order valence-corrected chi connectivity index (χ4v) is 8.57. The Morgan fingerprint density at radius 3 is 2.46 bits per heavy atom. The number of aliphatic hydroxyl groups is 2. The summed E-state index contributed by atoms with van der Waals surface area (Å²) in [7, 11) is 0. The number of hydrogen-bond acceptors (Lipinski definition) is 5. The van der Waals surface area contributed by atoms with Crippen LogP contribution in [-0.2, 0) is 9.47 Å². The Hall–Kier alpha value is -1.50. The van der Waals surface area contributed by atoms with E-state index in [2.05, 4.69) is 51.1 Å². The van der Waals surface area contributed by atoms with Crippen molar-refractivity contribution in [3.05, 3.63) is 52.6 Å². The Morgan fingerprint density at radius 2 is 1.76 bits per heavy atom. The minimum Gasteiger partial charge on any atom is -0.393 e. The highest BCUT2D eigenvalue weighted by molar-refractivity contribution is 5.51. The summed E-state index contributed by atoms with van der Waals surface area (Å²) in [4.78, 5) is 0. The Bertz CT molecular complexity index is 1080. The molecule has 4 N–H and O–H groups in total. The molecule has 2 unspecified atom stereocenters. The molecule has 6 atom stereocenters. The first-order valence-electron chi connectivity index (χ1n) is 14.5. The van der Waals surface area contributed by atoms with Crippen molar-refractivity contribution >= 4 is 6.08 Å². The Balaban J connectivity index is 1.39. The maximum absolute atomic E-state index is 12.3. The molecule has 4 fully saturated rings. The molecule has 1 saturated heterocycles. The lowest BCUT2D eigenvalue weighted by atomic mass is 9.51. The van der Waals surface area contributed by atoms with Crippen molar-refractivity contribution in [2.24, 2.45) is 28.4 Å². The molecular weight excluding hydrogens is 462 g/mol. The largest absolute Gasteiger partial charge is 0.393 e. The van der Waals surface area contributed by atoms with Crippen molar-refractivity contribution in [3.63, 3.8) is 0 Å². The van der Waals surface area contributed by atoms with E-state index in [0.29, 0.717) is 38.0 Å². The van der Waals surface area contributed by atoms with Crippen LogP contribution in [0.1, 0.15) is 89.2 Å². The van der Waals surface area contributed by atoms with Gasteiger partial charge in [-0.2, -0.15) is 0 Å². The lowest BCUT2D eigenvalue weighted by Gasteiger charge is -2.57. The van der Waals surface area contributed by atoms with Gasteiger partial charge in [-0.1, -0.05) is 62.8 Å². The minimum absolute atomic E-state index is 0.0119. The van der Waals surface area contributed by atoms with Crippen LogP contribution in [0.5, 0.6) is 0 Å². The molecule has 4 aliphatic carbocycles. The molecule has 37 heavy (non-hydrogen) atoms. The van der Waals surface area contributed by atoms with Gasteiger partial charge >= 0.3 is 0 Å². The van der Waals surface area contributed by atoms with Crippen LogP contribution in [-0.4, -0.2) is 47.5 Å². The van der Waals surface area contributed by atoms with Crippen molar-refractivity contribution in [3.8, 4) is 0 Å². The van der Waals surface area contributed by atoms with Gasteiger partial charge in [0.05, 0.1) is 24.9 Å². The summed E-state index contributed by atoms with van der Waals surface area (Å²) < 4.78 is 12.8. The number of benzene rings is 1. The van der Waals surface area contributed by atoms with Crippen LogP contribution in [0.4, 0.5) is 0 Å². The molecule has 1 spiro atoms. The zero-order chi connectivity index (χ0) is 26.1. The topological polar surface area (TPSA) is 84.9 Å². The lowest BCUT2D eigenvalue weighted by Crippen LogP contribution is -2.57. The van der Waals surface area contributed by atoms with Crippen molar-refractivity contribution in [1.29, 1.82) is 0 Å². The first-order valence-corrected chi connectivity index (χ1v) is 14.5. The summed E-state index contributed by atoms with van der Waals surface area (Å²) in [5, 5.41) is 23.4. The summed E-state index contributed by atoms with van der Waals surface area (Å²) in [6, 6.07) is 8.86. The number of rotatable bonds is 3. The predicted molar refractivity (Wildman–Crippen MR) is 146 cm³/mol. The number of ether oxygens (including phenoxy) is 2. The Labute approximate surface area is 222 Å². The van der Waals surface area contributed by atoms with Gasteiger partial charge in [0.2, 0.25) is 0 Å². The molecule has 1 heterocycles. The van der Waals surface area contributed by atoms with E-state index in [-0.39, 0.29) is 22.9 Å². The predicted octanol–water partition coefficient (Wildman–Crippen LogP) is 5.31. The number of hydrogen-bond donors (Lipinski definition) is 3. The van der Waals surface area contributed by atoms with E-state index in [1.165, 1.54) is 16.7 Å². The minimum atomic E-state index is -0.876. The second-order valence-electron chi connectivity index (χ2n) is 13.7. The average Bonchev–Trinajstić information content (AvgIpc) is 3.18. The second kappa shape index (κ2) is 9.02. The summed E-state index contributed by atoms with van der Waals surface area (Å²) in [6.45, 7) is 8.54. The molecule has 5 nitrogen and oxygen atoms in total. The summed E-state index contributed by atoms with van der Waals surface area (Å²) >= 11 is 0. The van der Waals surface area contributed by atoms with Gasteiger partial charge < -0.3 is 25.4 Å². The van der Waals surface area contributed by atoms with E-state index >= 15 is 0 Å². The SMILES string of the molecule is CC1(C)COC2(CCC3=C4C(CC[C@@]3(O)C2)C2CC[C@H](O)[C@@]2(C)C[C@@H]4c2ccc(/C=C/CN)cc2)OC1. The van der Waals surface area contributed by atoms with Crippen LogP contribution >= 0.6 is 0 Å². The second-order valence-corrected chi connectivity index (χ2v) is 13.7. The number of aliphatic hydroxyl groups excluding tert-OH is 1. The van der Waals surface area contributed by atoms with Crippen molar-refractivity contribution in [2.45, 2.75) is 95.5 Å². The van der Waals surface area contributed by atoms with E-state index in [0.717, 1.165) is 50.5 Å². The standard InChI is InChI=1S/C32H45NO4/c1-29(2)19-36-32(37-20-29)15-13-26-28-23(12-14-31(26,35)18-32)25-10-11-27(34)30(25,3)17-24(28)22-8-6-21(7-9-22)5-4-16-33/h4-9,23-25,27,34-35H,10-20,33H2,1-3H3/b5-4+/t23?,24-,25?,27+,30+,31-/m1/s1. The fourth-order valence-electron chi connectivity index (χ4n) is 8.57. The zero-order valence-electron chi connectivity index (χ0n) is 22.8. The summed E-state index contributed by atoms with van der Waals surface area (Å²) in [5.74, 6) is 0.459. The third kappa shape index (κ3) is 4.26. The van der Waals surface area contributed by atoms with Gasteiger partial charge in [0.1, 0.15) is 0 Å². The zero-order valence-corrected chi connectivity index (χ0v) is 22.8. The first-order chi connectivity index (χ1) is 17.6. The maximum Gasteiger partial charge on any atom is 0.171 e. The van der Waals surface area contributed by atoms with Crippen LogP contribution in [0.3, 0.4) is 0 Å². The smallest absolute Gasteiger partial charge is 0.171 e. The summed E-state index contributed by atoms with van der Waals surface area (Å²) in [5.41, 5.74) is 9.89. The van der Waals surface area contributed by atoms with Gasteiger partial charge in [0.15, 0.2) is 5.79 Å². The van der Waals surface area contributed by atoms with E-state index in [9.17, 15) is 10.2 Å². The number of allylic oxidation sites excluding steroid dienone is 1. The molecule has 0 aromatic heterocycles. The van der Waals surface area contributed by atoms with Gasteiger partial charge in [-0.15, -0.1) is 0 Å². The van der Waals surface area contributed by atoms with Gasteiger partial charge in [0.25, 0.3) is 0 Å².